The first kappa shape index (κ1) is 17.2. The quantitative estimate of drug-likeness (QED) is 0.530. The highest BCUT2D eigenvalue weighted by Gasteiger charge is 2.23. The van der Waals surface area contributed by atoms with Gasteiger partial charge in [-0.2, -0.15) is 0 Å². The number of nitrogens with zero attached hydrogens (tertiary/aromatic N) is 3. The summed E-state index contributed by atoms with van der Waals surface area (Å²) < 4.78 is 0. The summed E-state index contributed by atoms with van der Waals surface area (Å²) in [7, 11) is 0. The summed E-state index contributed by atoms with van der Waals surface area (Å²) in [4.78, 5) is 13.1. The summed E-state index contributed by atoms with van der Waals surface area (Å²) in [5.74, 6) is 0.757. The lowest BCUT2D eigenvalue weighted by Gasteiger charge is -2.21. The van der Waals surface area contributed by atoms with Gasteiger partial charge in [0.15, 0.2) is 0 Å². The van der Waals surface area contributed by atoms with E-state index >= 15 is 0 Å². The average Bonchev–Trinajstić information content (AvgIpc) is 2.70. The molecule has 4 aromatic rings. The molecule has 3 heterocycles. The topological polar surface area (TPSA) is 70.9 Å². The number of fused-ring (bicyclic) bond motifs is 1. The fourth-order valence-electron chi connectivity index (χ4n) is 3.05. The van der Waals surface area contributed by atoms with Gasteiger partial charge in [0.1, 0.15) is 17.1 Å². The molecule has 0 saturated carbocycles. The number of aromatic hydroxyl groups is 1. The number of hydrogen-bond donors (Lipinski definition) is 2. The van der Waals surface area contributed by atoms with Crippen LogP contribution in [0, 0.1) is 6.92 Å². The van der Waals surface area contributed by atoms with Gasteiger partial charge >= 0.3 is 0 Å². The van der Waals surface area contributed by atoms with Gasteiger partial charge in [-0.05, 0) is 55.0 Å². The van der Waals surface area contributed by atoms with Gasteiger partial charge in [-0.15, -0.1) is 0 Å². The number of aryl methyl sites for hydroxylation is 1. The maximum absolute atomic E-state index is 10.9. The fraction of sp³-hybridized carbons (Fsp3) is 0.0952. The van der Waals surface area contributed by atoms with E-state index in [1.165, 1.54) is 0 Å². The zero-order valence-electron chi connectivity index (χ0n) is 14.6. The van der Waals surface area contributed by atoms with E-state index in [1.54, 1.807) is 30.7 Å². The molecule has 0 spiro atoms. The molecular weight excluding hydrogens is 360 g/mol. The zero-order chi connectivity index (χ0) is 18.8. The molecule has 5 nitrogen and oxygen atoms in total. The Balaban J connectivity index is 1.89. The Morgan fingerprint density at radius 3 is 2.59 bits per heavy atom. The third kappa shape index (κ3) is 3.41. The number of pyridine rings is 3. The summed E-state index contributed by atoms with van der Waals surface area (Å²) in [6, 6.07) is 14.4. The maximum Gasteiger partial charge on any atom is 0.147 e. The molecule has 0 aliphatic carbocycles. The molecule has 0 bridgehead atoms. The van der Waals surface area contributed by atoms with Crippen LogP contribution in [0.25, 0.3) is 10.9 Å². The summed E-state index contributed by atoms with van der Waals surface area (Å²) in [6.45, 7) is 2.00. The second-order valence-electron chi connectivity index (χ2n) is 6.25. The Morgan fingerprint density at radius 2 is 1.81 bits per heavy atom. The van der Waals surface area contributed by atoms with Crippen LogP contribution >= 0.6 is 11.6 Å². The highest BCUT2D eigenvalue weighted by atomic mass is 35.5. The minimum atomic E-state index is -0.440. The van der Waals surface area contributed by atoms with E-state index in [2.05, 4.69) is 20.3 Å². The van der Waals surface area contributed by atoms with Gasteiger partial charge in [-0.3, -0.25) is 9.97 Å². The summed E-state index contributed by atoms with van der Waals surface area (Å²) >= 11 is 6.48. The van der Waals surface area contributed by atoms with Gasteiger partial charge in [0.2, 0.25) is 0 Å². The minimum Gasteiger partial charge on any atom is -0.505 e. The van der Waals surface area contributed by atoms with Gasteiger partial charge in [0.25, 0.3) is 0 Å². The average molecular weight is 377 g/mol. The fourth-order valence-corrected chi connectivity index (χ4v) is 3.32. The molecule has 0 saturated heterocycles. The summed E-state index contributed by atoms with van der Waals surface area (Å²) in [6.07, 6.45) is 5.08. The highest BCUT2D eigenvalue weighted by Crippen LogP contribution is 2.39. The van der Waals surface area contributed by atoms with Crippen LogP contribution in [-0.2, 0) is 0 Å². The summed E-state index contributed by atoms with van der Waals surface area (Å²) in [5.41, 5.74) is 2.87. The smallest absolute Gasteiger partial charge is 0.147 e. The Morgan fingerprint density at radius 1 is 0.963 bits per heavy atom. The van der Waals surface area contributed by atoms with Crippen molar-refractivity contribution in [2.24, 2.45) is 0 Å². The number of nitrogens with one attached hydrogen (secondary N) is 1. The molecule has 1 aromatic carbocycles. The number of halogens is 1. The number of rotatable bonds is 4. The summed E-state index contributed by atoms with van der Waals surface area (Å²) in [5, 5.41) is 15.5. The van der Waals surface area contributed by atoms with Crippen molar-refractivity contribution in [1.82, 2.24) is 15.0 Å². The largest absolute Gasteiger partial charge is 0.505 e. The van der Waals surface area contributed by atoms with Crippen LogP contribution in [0.15, 0.2) is 67.1 Å². The third-order valence-electron chi connectivity index (χ3n) is 4.35. The number of hydrogen-bond acceptors (Lipinski definition) is 5. The second-order valence-corrected chi connectivity index (χ2v) is 6.65. The SMILES string of the molecule is Cc1ccnc(NC(c2ccccn2)c2cc(Cl)c3cccnc3c2O)c1. The van der Waals surface area contributed by atoms with Crippen LogP contribution in [0.2, 0.25) is 5.02 Å². The molecule has 4 rings (SSSR count). The van der Waals surface area contributed by atoms with Crippen LogP contribution in [0.4, 0.5) is 5.82 Å². The van der Waals surface area contributed by atoms with Gasteiger partial charge in [-0.1, -0.05) is 17.7 Å². The van der Waals surface area contributed by atoms with Gasteiger partial charge in [-0.25, -0.2) is 4.98 Å². The lowest BCUT2D eigenvalue weighted by atomic mass is 9.99. The van der Waals surface area contributed by atoms with Crippen molar-refractivity contribution in [3.63, 3.8) is 0 Å². The van der Waals surface area contributed by atoms with Crippen molar-refractivity contribution < 1.29 is 5.11 Å². The lowest BCUT2D eigenvalue weighted by molar-refractivity contribution is 0.471. The van der Waals surface area contributed by atoms with E-state index in [9.17, 15) is 5.11 Å². The number of benzene rings is 1. The molecular formula is C21H17ClN4O. The second kappa shape index (κ2) is 7.21. The lowest BCUT2D eigenvalue weighted by Crippen LogP contribution is -2.15. The zero-order valence-corrected chi connectivity index (χ0v) is 15.4. The van der Waals surface area contributed by atoms with Crippen molar-refractivity contribution in [1.29, 1.82) is 0 Å². The van der Waals surface area contributed by atoms with Crippen molar-refractivity contribution in [2.75, 3.05) is 5.32 Å². The van der Waals surface area contributed by atoms with Gasteiger partial charge in [0, 0.05) is 29.5 Å². The van der Waals surface area contributed by atoms with E-state index < -0.39 is 6.04 Å². The van der Waals surface area contributed by atoms with Crippen molar-refractivity contribution in [3.8, 4) is 5.75 Å². The van der Waals surface area contributed by atoms with Crippen molar-refractivity contribution in [2.45, 2.75) is 13.0 Å². The molecule has 134 valence electrons. The van der Waals surface area contributed by atoms with Gasteiger partial charge in [0.05, 0.1) is 16.8 Å². The molecule has 0 aliphatic heterocycles. The van der Waals surface area contributed by atoms with E-state index in [0.717, 1.165) is 11.3 Å². The Labute approximate surface area is 161 Å². The number of phenols is 1. The number of anilines is 1. The first-order valence-corrected chi connectivity index (χ1v) is 8.87. The normalized spacial score (nSPS) is 12.1. The first-order valence-electron chi connectivity index (χ1n) is 8.49. The molecule has 3 aromatic heterocycles. The maximum atomic E-state index is 10.9. The molecule has 0 amide bonds. The van der Waals surface area contributed by atoms with E-state index in [0.29, 0.717) is 27.3 Å². The molecule has 0 radical (unpaired) electrons. The first-order chi connectivity index (χ1) is 13.1. The molecule has 27 heavy (non-hydrogen) atoms. The number of phenolic OH excluding ortho intramolecular Hbond substituents is 1. The monoisotopic (exact) mass is 376 g/mol. The predicted molar refractivity (Wildman–Crippen MR) is 107 cm³/mol. The van der Waals surface area contributed by atoms with E-state index in [1.807, 2.05) is 43.3 Å². The Kier molecular flexibility index (Phi) is 4.60. The number of aromatic nitrogens is 3. The van der Waals surface area contributed by atoms with Gasteiger partial charge < -0.3 is 10.4 Å². The predicted octanol–water partition coefficient (Wildman–Crippen LogP) is 4.89. The van der Waals surface area contributed by atoms with Crippen LogP contribution in [0.5, 0.6) is 5.75 Å². The third-order valence-corrected chi connectivity index (χ3v) is 4.66. The highest BCUT2D eigenvalue weighted by molar-refractivity contribution is 6.35. The molecule has 0 aliphatic rings. The molecule has 1 unspecified atom stereocenters. The van der Waals surface area contributed by atoms with Crippen LogP contribution < -0.4 is 5.32 Å². The standard InChI is InChI=1S/C21H17ClN4O/c1-13-7-10-24-18(11-13)26-19(17-6-2-3-8-23-17)15-12-16(22)14-5-4-9-25-20(14)21(15)27/h2-12,19,27H,1H3,(H,24,26). The molecule has 2 N–H and O–H groups in total. The van der Waals surface area contributed by atoms with Crippen LogP contribution in [0.1, 0.15) is 22.9 Å². The van der Waals surface area contributed by atoms with Crippen molar-refractivity contribution >= 4 is 28.3 Å². The van der Waals surface area contributed by atoms with E-state index in [4.69, 9.17) is 11.6 Å². The van der Waals surface area contributed by atoms with Crippen LogP contribution in [0.3, 0.4) is 0 Å². The molecule has 1 atom stereocenters. The minimum absolute atomic E-state index is 0.0748. The Hall–Kier alpha value is -3.18. The Bertz CT molecular complexity index is 1100. The molecule has 0 fully saturated rings. The van der Waals surface area contributed by atoms with Crippen molar-refractivity contribution in [3.05, 3.63) is 89.0 Å². The van der Waals surface area contributed by atoms with E-state index in [-0.39, 0.29) is 5.75 Å². The molecule has 6 heteroatoms. The van der Waals surface area contributed by atoms with Crippen LogP contribution in [-0.4, -0.2) is 20.1 Å².